The molecule has 1 aromatic heterocycles. The Morgan fingerprint density at radius 2 is 2.14 bits per heavy atom. The van der Waals surface area contributed by atoms with Gasteiger partial charge < -0.3 is 9.84 Å². The minimum Gasteiger partial charge on any atom is -0.480 e. The highest BCUT2D eigenvalue weighted by molar-refractivity contribution is 5.99. The summed E-state index contributed by atoms with van der Waals surface area (Å²) in [5.41, 5.74) is -0.595. The van der Waals surface area contributed by atoms with Crippen LogP contribution in [-0.4, -0.2) is 33.4 Å². The van der Waals surface area contributed by atoms with Gasteiger partial charge in [0, 0.05) is 18.9 Å². The highest BCUT2D eigenvalue weighted by Gasteiger charge is 2.47. The van der Waals surface area contributed by atoms with E-state index in [-0.39, 0.29) is 25.4 Å². The van der Waals surface area contributed by atoms with Gasteiger partial charge in [-0.05, 0) is 38.2 Å². The highest BCUT2D eigenvalue weighted by atomic mass is 16.5. The molecule has 6 heteroatoms. The molecule has 1 heterocycles. The number of hydrogen-bond acceptors (Lipinski definition) is 4. The number of nitrogens with zero attached hydrogens (tertiary/aromatic N) is 2. The van der Waals surface area contributed by atoms with E-state index in [9.17, 15) is 14.7 Å². The van der Waals surface area contributed by atoms with Crippen LogP contribution in [0, 0.1) is 11.3 Å². The fourth-order valence-electron chi connectivity index (χ4n) is 2.52. The maximum atomic E-state index is 12.3. The van der Waals surface area contributed by atoms with Crippen molar-refractivity contribution < 1.29 is 19.4 Å². The zero-order valence-corrected chi connectivity index (χ0v) is 13.1. The number of hydrogen-bond donors (Lipinski definition) is 1. The standard InChI is InChI=1S/C15H24N2O4/c1-5-21-14(20)15(13(18)19,10-11(2)3)8-6-12-7-9-16-17(12)4/h7,9,11H,5-6,8,10H2,1-4H3,(H,18,19). The molecule has 0 bridgehead atoms. The maximum Gasteiger partial charge on any atom is 0.323 e. The van der Waals surface area contributed by atoms with E-state index in [0.717, 1.165) is 5.69 Å². The molecule has 6 nitrogen and oxygen atoms in total. The van der Waals surface area contributed by atoms with Gasteiger partial charge in [-0.1, -0.05) is 13.8 Å². The van der Waals surface area contributed by atoms with Crippen molar-refractivity contribution in [1.82, 2.24) is 9.78 Å². The van der Waals surface area contributed by atoms with Crippen molar-refractivity contribution in [3.63, 3.8) is 0 Å². The van der Waals surface area contributed by atoms with Gasteiger partial charge in [0.1, 0.15) is 0 Å². The van der Waals surface area contributed by atoms with E-state index in [4.69, 9.17) is 4.74 Å². The van der Waals surface area contributed by atoms with Crippen molar-refractivity contribution in [2.24, 2.45) is 18.4 Å². The summed E-state index contributed by atoms with van der Waals surface area (Å²) < 4.78 is 6.72. The Labute approximate surface area is 125 Å². The van der Waals surface area contributed by atoms with Crippen LogP contribution in [0.3, 0.4) is 0 Å². The van der Waals surface area contributed by atoms with E-state index in [1.807, 2.05) is 19.9 Å². The molecule has 1 aromatic rings. The fourth-order valence-corrected chi connectivity index (χ4v) is 2.52. The second-order valence-corrected chi connectivity index (χ2v) is 5.65. The number of carboxylic acid groups (broad SMARTS) is 1. The van der Waals surface area contributed by atoms with Gasteiger partial charge in [-0.25, -0.2) is 0 Å². The van der Waals surface area contributed by atoms with Gasteiger partial charge in [0.15, 0.2) is 5.41 Å². The summed E-state index contributed by atoms with van der Waals surface area (Å²) in [6.45, 7) is 5.67. The lowest BCUT2D eigenvalue weighted by molar-refractivity contribution is -0.170. The van der Waals surface area contributed by atoms with E-state index < -0.39 is 17.4 Å². The predicted octanol–water partition coefficient (Wildman–Crippen LogP) is 2.03. The smallest absolute Gasteiger partial charge is 0.323 e. The Morgan fingerprint density at radius 3 is 2.57 bits per heavy atom. The molecular formula is C15H24N2O4. The molecule has 0 fully saturated rings. The summed E-state index contributed by atoms with van der Waals surface area (Å²) >= 11 is 0. The number of carbonyl (C=O) groups is 2. The molecule has 0 aromatic carbocycles. The quantitative estimate of drug-likeness (QED) is 0.586. The molecule has 0 aliphatic rings. The van der Waals surface area contributed by atoms with Crippen LogP contribution in [0.2, 0.25) is 0 Å². The summed E-state index contributed by atoms with van der Waals surface area (Å²) in [6, 6.07) is 1.83. The molecule has 1 rings (SSSR count). The van der Waals surface area contributed by atoms with Gasteiger partial charge in [-0.15, -0.1) is 0 Å². The van der Waals surface area contributed by atoms with Crippen molar-refractivity contribution in [3.05, 3.63) is 18.0 Å². The average Bonchev–Trinajstić information content (AvgIpc) is 2.79. The number of esters is 1. The third-order valence-corrected chi connectivity index (χ3v) is 3.56. The molecule has 0 radical (unpaired) electrons. The van der Waals surface area contributed by atoms with Crippen LogP contribution in [0.4, 0.5) is 0 Å². The van der Waals surface area contributed by atoms with Crippen LogP contribution >= 0.6 is 0 Å². The van der Waals surface area contributed by atoms with Gasteiger partial charge in [0.2, 0.25) is 0 Å². The van der Waals surface area contributed by atoms with E-state index in [1.165, 1.54) is 0 Å². The first-order valence-electron chi connectivity index (χ1n) is 7.21. The van der Waals surface area contributed by atoms with Crippen LogP contribution in [0.5, 0.6) is 0 Å². The molecule has 1 atom stereocenters. The highest BCUT2D eigenvalue weighted by Crippen LogP contribution is 2.34. The number of aliphatic carboxylic acids is 1. The summed E-state index contributed by atoms with van der Waals surface area (Å²) in [4.78, 5) is 24.1. The van der Waals surface area contributed by atoms with Gasteiger partial charge in [0.05, 0.1) is 6.61 Å². The molecule has 0 aliphatic carbocycles. The lowest BCUT2D eigenvalue weighted by Gasteiger charge is -2.28. The van der Waals surface area contributed by atoms with Crippen LogP contribution in [-0.2, 0) is 27.8 Å². The van der Waals surface area contributed by atoms with E-state index >= 15 is 0 Å². The van der Waals surface area contributed by atoms with E-state index in [2.05, 4.69) is 5.10 Å². The Kier molecular flexibility index (Phi) is 5.93. The SMILES string of the molecule is CCOC(=O)C(CCc1ccnn1C)(CC(C)C)C(=O)O. The first-order chi connectivity index (χ1) is 9.83. The average molecular weight is 296 g/mol. The third kappa shape index (κ3) is 4.06. The molecule has 0 amide bonds. The largest absolute Gasteiger partial charge is 0.480 e. The normalized spacial score (nSPS) is 14.0. The monoisotopic (exact) mass is 296 g/mol. The summed E-state index contributed by atoms with van der Waals surface area (Å²) in [5.74, 6) is -1.68. The van der Waals surface area contributed by atoms with E-state index in [0.29, 0.717) is 6.42 Å². The number of carbonyl (C=O) groups excluding carboxylic acids is 1. The molecule has 1 unspecified atom stereocenters. The lowest BCUT2D eigenvalue weighted by atomic mass is 9.76. The summed E-state index contributed by atoms with van der Waals surface area (Å²) in [5, 5.41) is 13.7. The van der Waals surface area contributed by atoms with Crippen LogP contribution < -0.4 is 0 Å². The fraction of sp³-hybridized carbons (Fsp3) is 0.667. The predicted molar refractivity (Wildman–Crippen MR) is 77.7 cm³/mol. The minimum absolute atomic E-state index is 0.0806. The molecule has 118 valence electrons. The Hall–Kier alpha value is -1.85. The van der Waals surface area contributed by atoms with Gasteiger partial charge in [-0.3, -0.25) is 14.3 Å². The maximum absolute atomic E-state index is 12.3. The summed E-state index contributed by atoms with van der Waals surface area (Å²) in [6.07, 6.45) is 2.59. The second kappa shape index (κ2) is 7.24. The Morgan fingerprint density at radius 1 is 1.48 bits per heavy atom. The lowest BCUT2D eigenvalue weighted by Crippen LogP contribution is -2.42. The molecule has 1 N–H and O–H groups in total. The van der Waals surface area contributed by atoms with E-state index in [1.54, 1.807) is 24.9 Å². The van der Waals surface area contributed by atoms with Crippen molar-refractivity contribution in [2.75, 3.05) is 6.61 Å². The van der Waals surface area contributed by atoms with Gasteiger partial charge >= 0.3 is 11.9 Å². The third-order valence-electron chi connectivity index (χ3n) is 3.56. The Bertz CT molecular complexity index is 496. The van der Waals surface area contributed by atoms with Crippen molar-refractivity contribution in [2.45, 2.75) is 40.0 Å². The molecular weight excluding hydrogens is 272 g/mol. The first-order valence-corrected chi connectivity index (χ1v) is 7.21. The zero-order valence-electron chi connectivity index (χ0n) is 13.1. The number of aryl methyl sites for hydroxylation is 2. The Balaban J connectivity index is 3.01. The molecule has 21 heavy (non-hydrogen) atoms. The van der Waals surface area contributed by atoms with Crippen molar-refractivity contribution in [3.8, 4) is 0 Å². The van der Waals surface area contributed by atoms with Gasteiger partial charge in [0.25, 0.3) is 0 Å². The molecule has 0 spiro atoms. The molecule has 0 saturated heterocycles. The minimum atomic E-state index is -1.49. The second-order valence-electron chi connectivity index (χ2n) is 5.65. The summed E-state index contributed by atoms with van der Waals surface area (Å²) in [7, 11) is 1.80. The van der Waals surface area contributed by atoms with Crippen molar-refractivity contribution in [1.29, 1.82) is 0 Å². The first kappa shape index (κ1) is 17.2. The van der Waals surface area contributed by atoms with Gasteiger partial charge in [-0.2, -0.15) is 5.10 Å². The molecule has 0 aliphatic heterocycles. The number of rotatable bonds is 8. The number of carboxylic acids is 1. The van der Waals surface area contributed by atoms with Crippen LogP contribution in [0.15, 0.2) is 12.3 Å². The number of ether oxygens (including phenoxy) is 1. The zero-order chi connectivity index (χ0) is 16.0. The topological polar surface area (TPSA) is 81.4 Å². The van der Waals surface area contributed by atoms with Crippen LogP contribution in [0.1, 0.15) is 39.3 Å². The number of aromatic nitrogens is 2. The van der Waals surface area contributed by atoms with Crippen LogP contribution in [0.25, 0.3) is 0 Å². The molecule has 0 saturated carbocycles. The van der Waals surface area contributed by atoms with Crippen molar-refractivity contribution >= 4 is 11.9 Å².